The molecule has 2 rings (SSSR count). The topological polar surface area (TPSA) is 43.8 Å². The molecule has 1 aliphatic rings. The number of aliphatic carboxylic acids is 1. The zero-order chi connectivity index (χ0) is 14.4. The van der Waals surface area contributed by atoms with E-state index in [2.05, 4.69) is 34.1 Å². The summed E-state index contributed by atoms with van der Waals surface area (Å²) in [7, 11) is 0. The van der Waals surface area contributed by atoms with Gasteiger partial charge in [0.1, 0.15) is 0 Å². The molecule has 4 heteroatoms. The molecule has 1 aromatic rings. The third-order valence-corrected chi connectivity index (χ3v) is 3.99. The van der Waals surface area contributed by atoms with Gasteiger partial charge in [-0.25, -0.2) is 0 Å². The molecule has 1 heterocycles. The highest BCUT2D eigenvalue weighted by Crippen LogP contribution is 2.17. The van der Waals surface area contributed by atoms with Crippen LogP contribution in [-0.4, -0.2) is 53.1 Å². The molecule has 1 N–H and O–H groups in total. The first-order chi connectivity index (χ1) is 9.69. The van der Waals surface area contributed by atoms with Crippen LogP contribution in [0, 0.1) is 0 Å². The number of likely N-dealkylation sites (N-methyl/N-ethyl adjacent to an activating group) is 1. The van der Waals surface area contributed by atoms with E-state index in [1.165, 1.54) is 5.56 Å². The lowest BCUT2D eigenvalue weighted by Gasteiger charge is -2.38. The van der Waals surface area contributed by atoms with Gasteiger partial charge in [0.05, 0.1) is 6.54 Å². The number of carbonyl (C=O) groups is 1. The molecular weight excluding hydrogens is 252 g/mol. The number of hydrogen-bond donors (Lipinski definition) is 1. The number of piperidine rings is 1. The van der Waals surface area contributed by atoms with Crippen LogP contribution in [0.4, 0.5) is 0 Å². The summed E-state index contributed by atoms with van der Waals surface area (Å²) in [5.74, 6) is -0.730. The average Bonchev–Trinajstić information content (AvgIpc) is 2.46. The van der Waals surface area contributed by atoms with Crippen LogP contribution in [0.2, 0.25) is 0 Å². The summed E-state index contributed by atoms with van der Waals surface area (Å²) in [6.45, 7) is 6.03. The van der Waals surface area contributed by atoms with Crippen molar-refractivity contribution < 1.29 is 9.90 Å². The number of carboxylic acid groups (broad SMARTS) is 1. The van der Waals surface area contributed by atoms with E-state index in [-0.39, 0.29) is 6.54 Å². The van der Waals surface area contributed by atoms with Gasteiger partial charge in [0.15, 0.2) is 0 Å². The van der Waals surface area contributed by atoms with E-state index in [0.29, 0.717) is 6.04 Å². The summed E-state index contributed by atoms with van der Waals surface area (Å²) in [4.78, 5) is 15.4. The number of likely N-dealkylation sites (tertiary alicyclic amines) is 1. The minimum absolute atomic E-state index is 0.153. The second kappa shape index (κ2) is 7.41. The van der Waals surface area contributed by atoms with Gasteiger partial charge in [0, 0.05) is 19.1 Å². The van der Waals surface area contributed by atoms with E-state index < -0.39 is 5.97 Å². The Bertz CT molecular complexity index is 422. The molecule has 0 radical (unpaired) electrons. The molecule has 4 nitrogen and oxygen atoms in total. The molecule has 0 bridgehead atoms. The maximum Gasteiger partial charge on any atom is 0.317 e. The molecular formula is C16H24N2O2. The van der Waals surface area contributed by atoms with E-state index >= 15 is 0 Å². The molecule has 110 valence electrons. The first-order valence-corrected chi connectivity index (χ1v) is 7.41. The van der Waals surface area contributed by atoms with Crippen LogP contribution in [-0.2, 0) is 11.3 Å². The van der Waals surface area contributed by atoms with Crippen molar-refractivity contribution in [2.75, 3.05) is 26.2 Å². The molecule has 1 fully saturated rings. The molecule has 0 aliphatic carbocycles. The number of carboxylic acids is 1. The fourth-order valence-corrected chi connectivity index (χ4v) is 2.99. The van der Waals surface area contributed by atoms with Gasteiger partial charge in [-0.05, 0) is 31.5 Å². The minimum atomic E-state index is -0.730. The van der Waals surface area contributed by atoms with Crippen molar-refractivity contribution in [2.24, 2.45) is 0 Å². The largest absolute Gasteiger partial charge is 0.480 e. The van der Waals surface area contributed by atoms with Crippen LogP contribution in [0.3, 0.4) is 0 Å². The monoisotopic (exact) mass is 276 g/mol. The fourth-order valence-electron chi connectivity index (χ4n) is 2.99. The third-order valence-electron chi connectivity index (χ3n) is 3.99. The Morgan fingerprint density at radius 2 is 2.15 bits per heavy atom. The summed E-state index contributed by atoms with van der Waals surface area (Å²) in [5.41, 5.74) is 1.33. The Kier molecular flexibility index (Phi) is 5.56. The van der Waals surface area contributed by atoms with Gasteiger partial charge in [-0.1, -0.05) is 37.3 Å². The summed E-state index contributed by atoms with van der Waals surface area (Å²) < 4.78 is 0. The predicted octanol–water partition coefficient (Wildman–Crippen LogP) is 2.06. The van der Waals surface area contributed by atoms with Gasteiger partial charge >= 0.3 is 5.97 Å². The maximum atomic E-state index is 10.9. The predicted molar refractivity (Wildman–Crippen MR) is 79.6 cm³/mol. The minimum Gasteiger partial charge on any atom is -0.480 e. The highest BCUT2D eigenvalue weighted by molar-refractivity contribution is 5.69. The maximum absolute atomic E-state index is 10.9. The summed E-state index contributed by atoms with van der Waals surface area (Å²) in [6.07, 6.45) is 2.25. The molecule has 20 heavy (non-hydrogen) atoms. The molecule has 0 spiro atoms. The third kappa shape index (κ3) is 4.32. The average molecular weight is 276 g/mol. The Balaban J connectivity index is 1.92. The standard InChI is InChI=1S/C16H24N2O2/c1-2-18(13-16(19)20)15-9-6-10-17(12-15)11-14-7-4-3-5-8-14/h3-5,7-8,15H,2,6,9-13H2,1H3,(H,19,20)/t15-/m0/s1. The lowest BCUT2D eigenvalue weighted by Crippen LogP contribution is -2.49. The van der Waals surface area contributed by atoms with Crippen LogP contribution in [0.5, 0.6) is 0 Å². The summed E-state index contributed by atoms with van der Waals surface area (Å²) in [6, 6.07) is 10.8. The molecule has 0 saturated carbocycles. The van der Waals surface area contributed by atoms with Crippen molar-refractivity contribution in [3.05, 3.63) is 35.9 Å². The van der Waals surface area contributed by atoms with Gasteiger partial charge in [-0.2, -0.15) is 0 Å². The Morgan fingerprint density at radius 1 is 1.40 bits per heavy atom. The lowest BCUT2D eigenvalue weighted by molar-refractivity contribution is -0.139. The van der Waals surface area contributed by atoms with E-state index in [4.69, 9.17) is 5.11 Å². The van der Waals surface area contributed by atoms with Crippen molar-refractivity contribution in [3.63, 3.8) is 0 Å². The second-order valence-electron chi connectivity index (χ2n) is 5.47. The Hall–Kier alpha value is -1.39. The quantitative estimate of drug-likeness (QED) is 0.863. The van der Waals surface area contributed by atoms with Crippen LogP contribution < -0.4 is 0 Å². The van der Waals surface area contributed by atoms with Crippen LogP contribution in [0.15, 0.2) is 30.3 Å². The van der Waals surface area contributed by atoms with Gasteiger partial charge in [0.2, 0.25) is 0 Å². The number of rotatable bonds is 6. The number of benzene rings is 1. The normalized spacial score (nSPS) is 20.2. The molecule has 0 aromatic heterocycles. The second-order valence-corrected chi connectivity index (χ2v) is 5.47. The van der Waals surface area contributed by atoms with Gasteiger partial charge in [-0.15, -0.1) is 0 Å². The highest BCUT2D eigenvalue weighted by atomic mass is 16.4. The lowest BCUT2D eigenvalue weighted by atomic mass is 10.0. The number of hydrogen-bond acceptors (Lipinski definition) is 3. The molecule has 0 amide bonds. The van der Waals surface area contributed by atoms with E-state index in [0.717, 1.165) is 39.0 Å². The Morgan fingerprint density at radius 3 is 2.80 bits per heavy atom. The van der Waals surface area contributed by atoms with Gasteiger partial charge < -0.3 is 5.11 Å². The molecule has 1 aliphatic heterocycles. The van der Waals surface area contributed by atoms with Crippen molar-refractivity contribution in [1.29, 1.82) is 0 Å². The van der Waals surface area contributed by atoms with Crippen LogP contribution in [0.25, 0.3) is 0 Å². The van der Waals surface area contributed by atoms with Crippen LogP contribution >= 0.6 is 0 Å². The Labute approximate surface area is 121 Å². The fraction of sp³-hybridized carbons (Fsp3) is 0.562. The molecule has 1 atom stereocenters. The zero-order valence-electron chi connectivity index (χ0n) is 12.2. The van der Waals surface area contributed by atoms with E-state index in [1.54, 1.807) is 0 Å². The van der Waals surface area contributed by atoms with E-state index in [1.807, 2.05) is 13.0 Å². The summed E-state index contributed by atoms with van der Waals surface area (Å²) in [5, 5.41) is 8.99. The molecule has 1 saturated heterocycles. The van der Waals surface area contributed by atoms with Crippen molar-refractivity contribution in [2.45, 2.75) is 32.4 Å². The zero-order valence-corrected chi connectivity index (χ0v) is 12.2. The molecule has 0 unspecified atom stereocenters. The van der Waals surface area contributed by atoms with Crippen LogP contribution in [0.1, 0.15) is 25.3 Å². The molecule has 1 aromatic carbocycles. The first-order valence-electron chi connectivity index (χ1n) is 7.41. The van der Waals surface area contributed by atoms with Crippen molar-refractivity contribution in [1.82, 2.24) is 9.80 Å². The van der Waals surface area contributed by atoms with Gasteiger partial charge in [-0.3, -0.25) is 14.6 Å². The summed E-state index contributed by atoms with van der Waals surface area (Å²) >= 11 is 0. The first kappa shape index (κ1) is 15.0. The van der Waals surface area contributed by atoms with Gasteiger partial charge in [0.25, 0.3) is 0 Å². The van der Waals surface area contributed by atoms with E-state index in [9.17, 15) is 4.79 Å². The smallest absolute Gasteiger partial charge is 0.317 e. The SMILES string of the molecule is CCN(CC(=O)O)[C@H]1CCCN(Cc2ccccc2)C1. The van der Waals surface area contributed by atoms with Crippen molar-refractivity contribution in [3.8, 4) is 0 Å². The highest BCUT2D eigenvalue weighted by Gasteiger charge is 2.25. The number of nitrogens with zero attached hydrogens (tertiary/aromatic N) is 2. The van der Waals surface area contributed by atoms with Crippen molar-refractivity contribution >= 4 is 5.97 Å².